The van der Waals surface area contributed by atoms with Crippen molar-refractivity contribution in [3.05, 3.63) is 22.3 Å². The molecule has 0 saturated carbocycles. The van der Waals surface area contributed by atoms with Gasteiger partial charge in [-0.15, -0.1) is 11.8 Å². The average molecular weight is 295 g/mol. The van der Waals surface area contributed by atoms with Gasteiger partial charge in [0, 0.05) is 11.4 Å². The fourth-order valence-corrected chi connectivity index (χ4v) is 1.99. The Balaban J connectivity index is 2.50. The van der Waals surface area contributed by atoms with E-state index in [-0.39, 0.29) is 23.5 Å². The molecule has 1 aromatic heterocycles. The van der Waals surface area contributed by atoms with Crippen LogP contribution in [0.1, 0.15) is 6.92 Å². The molecule has 1 unspecified atom stereocenters. The third-order valence-corrected chi connectivity index (χ3v) is 3.46. The molecular weight excluding hydrogens is 283 g/mol. The average Bonchev–Trinajstić information content (AvgIpc) is 2.29. The Morgan fingerprint density at radius 2 is 2.35 bits per heavy atom. The first-order valence-electron chi connectivity index (χ1n) is 4.86. The van der Waals surface area contributed by atoms with Crippen molar-refractivity contribution >= 4 is 46.7 Å². The van der Waals surface area contributed by atoms with E-state index in [1.807, 2.05) is 6.92 Å². The van der Waals surface area contributed by atoms with E-state index < -0.39 is 0 Å². The van der Waals surface area contributed by atoms with Crippen LogP contribution in [0.25, 0.3) is 0 Å². The fraction of sp³-hybridized carbons (Fsp3) is 0.400. The molecule has 0 fully saturated rings. The highest BCUT2D eigenvalue weighted by atomic mass is 35.5. The number of amides is 1. The molecule has 17 heavy (non-hydrogen) atoms. The summed E-state index contributed by atoms with van der Waals surface area (Å²) in [5.74, 6) is 0.313. The number of rotatable bonds is 5. The van der Waals surface area contributed by atoms with Crippen molar-refractivity contribution in [1.82, 2.24) is 4.98 Å². The highest BCUT2D eigenvalue weighted by Crippen LogP contribution is 2.22. The minimum atomic E-state index is -0.216. The van der Waals surface area contributed by atoms with Gasteiger partial charge in [0.15, 0.2) is 5.82 Å². The standard InChI is InChI=1S/C10H12Cl2N2O2S/c1-6(4-15)17-5-9(16)14-10-8(12)2-7(11)3-13-10/h2-3,6,15H,4-5H2,1H3,(H,13,14,16). The molecule has 1 atom stereocenters. The number of hydrogen-bond donors (Lipinski definition) is 2. The topological polar surface area (TPSA) is 62.2 Å². The number of aliphatic hydroxyl groups is 1. The Hall–Kier alpha value is -0.490. The van der Waals surface area contributed by atoms with Crippen molar-refractivity contribution in [2.24, 2.45) is 0 Å². The van der Waals surface area contributed by atoms with Gasteiger partial charge in [-0.25, -0.2) is 4.98 Å². The van der Waals surface area contributed by atoms with Crippen LogP contribution in [0.15, 0.2) is 12.3 Å². The van der Waals surface area contributed by atoms with E-state index in [1.54, 1.807) is 0 Å². The first-order chi connectivity index (χ1) is 8.02. The summed E-state index contributed by atoms with van der Waals surface area (Å²) < 4.78 is 0. The van der Waals surface area contributed by atoms with E-state index >= 15 is 0 Å². The van der Waals surface area contributed by atoms with Crippen LogP contribution in [-0.2, 0) is 4.79 Å². The number of hydrogen-bond acceptors (Lipinski definition) is 4. The van der Waals surface area contributed by atoms with E-state index in [2.05, 4.69) is 10.3 Å². The Morgan fingerprint density at radius 3 is 2.94 bits per heavy atom. The van der Waals surface area contributed by atoms with Gasteiger partial charge >= 0.3 is 0 Å². The third-order valence-electron chi connectivity index (χ3n) is 1.82. The van der Waals surface area contributed by atoms with Gasteiger partial charge in [-0.2, -0.15) is 0 Å². The number of aliphatic hydroxyl groups excluding tert-OH is 1. The molecule has 1 amide bonds. The Bertz CT molecular complexity index is 404. The first kappa shape index (κ1) is 14.6. The highest BCUT2D eigenvalue weighted by molar-refractivity contribution is 8.00. The zero-order valence-electron chi connectivity index (χ0n) is 9.11. The van der Waals surface area contributed by atoms with Crippen LogP contribution in [0.4, 0.5) is 5.82 Å². The lowest BCUT2D eigenvalue weighted by Gasteiger charge is -2.08. The monoisotopic (exact) mass is 294 g/mol. The molecule has 0 spiro atoms. The van der Waals surface area contributed by atoms with E-state index in [0.717, 1.165) is 0 Å². The predicted octanol–water partition coefficient (Wildman–Crippen LogP) is 2.44. The summed E-state index contributed by atoms with van der Waals surface area (Å²) in [6.45, 7) is 1.88. The van der Waals surface area contributed by atoms with Gasteiger partial charge in [0.2, 0.25) is 5.91 Å². The third kappa shape index (κ3) is 5.12. The number of carbonyl (C=O) groups is 1. The zero-order chi connectivity index (χ0) is 12.8. The molecule has 0 aliphatic carbocycles. The van der Waals surface area contributed by atoms with Crippen molar-refractivity contribution < 1.29 is 9.90 Å². The summed E-state index contributed by atoms with van der Waals surface area (Å²) in [6.07, 6.45) is 1.41. The number of aromatic nitrogens is 1. The van der Waals surface area contributed by atoms with Crippen molar-refractivity contribution in [2.75, 3.05) is 17.7 Å². The van der Waals surface area contributed by atoms with Gasteiger partial charge in [-0.05, 0) is 6.07 Å². The number of anilines is 1. The number of nitrogens with zero attached hydrogens (tertiary/aromatic N) is 1. The lowest BCUT2D eigenvalue weighted by atomic mass is 10.4. The maximum atomic E-state index is 11.5. The second kappa shape index (κ2) is 7.06. The molecule has 0 aromatic carbocycles. The Kier molecular flexibility index (Phi) is 6.05. The van der Waals surface area contributed by atoms with E-state index in [9.17, 15) is 4.79 Å². The second-order valence-corrected chi connectivity index (χ2v) is 5.61. The van der Waals surface area contributed by atoms with Crippen LogP contribution in [0, 0.1) is 0 Å². The molecule has 1 heterocycles. The molecule has 1 aromatic rings. The maximum Gasteiger partial charge on any atom is 0.235 e. The summed E-state index contributed by atoms with van der Waals surface area (Å²) >= 11 is 12.9. The molecule has 7 heteroatoms. The lowest BCUT2D eigenvalue weighted by Crippen LogP contribution is -2.17. The predicted molar refractivity (Wildman–Crippen MR) is 71.9 cm³/mol. The van der Waals surface area contributed by atoms with Crippen LogP contribution >= 0.6 is 35.0 Å². The summed E-state index contributed by atoms with van der Waals surface area (Å²) in [7, 11) is 0. The molecule has 1 rings (SSSR count). The molecule has 0 radical (unpaired) electrons. The Morgan fingerprint density at radius 1 is 1.65 bits per heavy atom. The van der Waals surface area contributed by atoms with Crippen LogP contribution < -0.4 is 5.32 Å². The SMILES string of the molecule is CC(CO)SCC(=O)Nc1ncc(Cl)cc1Cl. The van der Waals surface area contributed by atoms with Crippen LogP contribution in [0.3, 0.4) is 0 Å². The summed E-state index contributed by atoms with van der Waals surface area (Å²) in [6, 6.07) is 1.51. The number of carbonyl (C=O) groups excluding carboxylic acids is 1. The summed E-state index contributed by atoms with van der Waals surface area (Å²) in [5, 5.41) is 12.1. The minimum absolute atomic E-state index is 0.0226. The van der Waals surface area contributed by atoms with E-state index in [4.69, 9.17) is 28.3 Å². The van der Waals surface area contributed by atoms with Crippen LogP contribution in [-0.4, -0.2) is 33.6 Å². The molecule has 0 bridgehead atoms. The summed E-state index contributed by atoms with van der Waals surface area (Å²) in [5.41, 5.74) is 0. The molecule has 2 N–H and O–H groups in total. The van der Waals surface area contributed by atoms with Gasteiger partial charge in [-0.3, -0.25) is 4.79 Å². The number of thioether (sulfide) groups is 1. The van der Waals surface area contributed by atoms with Crippen molar-refractivity contribution in [3.8, 4) is 0 Å². The molecule has 0 saturated heterocycles. The maximum absolute atomic E-state index is 11.5. The van der Waals surface area contributed by atoms with Crippen molar-refractivity contribution in [2.45, 2.75) is 12.2 Å². The van der Waals surface area contributed by atoms with Gasteiger partial charge in [-0.1, -0.05) is 30.1 Å². The molecular formula is C10H12Cl2N2O2S. The number of halogens is 2. The number of nitrogens with one attached hydrogen (secondary N) is 1. The highest BCUT2D eigenvalue weighted by Gasteiger charge is 2.09. The second-order valence-electron chi connectivity index (χ2n) is 3.34. The molecule has 94 valence electrons. The largest absolute Gasteiger partial charge is 0.395 e. The van der Waals surface area contributed by atoms with Crippen LogP contribution in [0.2, 0.25) is 10.0 Å². The van der Waals surface area contributed by atoms with Gasteiger partial charge < -0.3 is 10.4 Å². The first-order valence-corrected chi connectivity index (χ1v) is 6.66. The zero-order valence-corrected chi connectivity index (χ0v) is 11.4. The van der Waals surface area contributed by atoms with E-state index in [0.29, 0.717) is 15.9 Å². The quantitative estimate of drug-likeness (QED) is 0.876. The number of pyridine rings is 1. The van der Waals surface area contributed by atoms with Crippen molar-refractivity contribution in [1.29, 1.82) is 0 Å². The normalized spacial score (nSPS) is 12.2. The van der Waals surface area contributed by atoms with E-state index in [1.165, 1.54) is 24.0 Å². The molecule has 0 aliphatic rings. The molecule has 4 nitrogen and oxygen atoms in total. The molecule has 0 aliphatic heterocycles. The Labute approximate surface area is 114 Å². The fourth-order valence-electron chi connectivity index (χ4n) is 0.945. The van der Waals surface area contributed by atoms with Crippen molar-refractivity contribution in [3.63, 3.8) is 0 Å². The minimum Gasteiger partial charge on any atom is -0.395 e. The van der Waals surface area contributed by atoms with Gasteiger partial charge in [0.25, 0.3) is 0 Å². The lowest BCUT2D eigenvalue weighted by molar-refractivity contribution is -0.113. The summed E-state index contributed by atoms with van der Waals surface area (Å²) in [4.78, 5) is 15.4. The van der Waals surface area contributed by atoms with Gasteiger partial charge in [0.05, 0.1) is 22.4 Å². The van der Waals surface area contributed by atoms with Crippen LogP contribution in [0.5, 0.6) is 0 Å². The van der Waals surface area contributed by atoms with Gasteiger partial charge in [0.1, 0.15) is 0 Å². The smallest absolute Gasteiger partial charge is 0.235 e.